The summed E-state index contributed by atoms with van der Waals surface area (Å²) in [5.41, 5.74) is 0.981. The van der Waals surface area contributed by atoms with Crippen molar-refractivity contribution < 1.29 is 8.42 Å². The molecule has 0 aliphatic heterocycles. The van der Waals surface area contributed by atoms with Crippen LogP contribution in [-0.2, 0) is 16.6 Å². The second kappa shape index (κ2) is 5.98. The Balaban J connectivity index is 1.95. The summed E-state index contributed by atoms with van der Waals surface area (Å²) < 4.78 is 26.5. The summed E-state index contributed by atoms with van der Waals surface area (Å²) in [6, 6.07) is 3.75. The van der Waals surface area contributed by atoms with Gasteiger partial charge in [-0.1, -0.05) is 19.9 Å². The van der Waals surface area contributed by atoms with Crippen LogP contribution in [0.1, 0.15) is 32.3 Å². The van der Waals surface area contributed by atoms with Crippen molar-refractivity contribution in [1.82, 2.24) is 15.0 Å². The average molecular weight is 283 g/mol. The molecule has 0 atom stereocenters. The first-order valence-electron chi connectivity index (χ1n) is 6.65. The maximum absolute atomic E-state index is 12.0. The highest BCUT2D eigenvalue weighted by Gasteiger charge is 2.24. The zero-order chi connectivity index (χ0) is 13.9. The summed E-state index contributed by atoms with van der Waals surface area (Å²) in [6.45, 7) is 5.35. The van der Waals surface area contributed by atoms with Gasteiger partial charge < -0.3 is 5.32 Å². The van der Waals surface area contributed by atoms with E-state index >= 15 is 0 Å². The summed E-state index contributed by atoms with van der Waals surface area (Å²) in [6.07, 6.45) is 3.85. The van der Waals surface area contributed by atoms with E-state index in [9.17, 15) is 8.42 Å². The summed E-state index contributed by atoms with van der Waals surface area (Å²) in [7, 11) is -3.44. The van der Waals surface area contributed by atoms with Gasteiger partial charge in [0.2, 0.25) is 0 Å². The van der Waals surface area contributed by atoms with Gasteiger partial charge in [0.25, 0.3) is 10.0 Å². The zero-order valence-electron chi connectivity index (χ0n) is 11.4. The van der Waals surface area contributed by atoms with Crippen LogP contribution in [0.5, 0.6) is 0 Å². The van der Waals surface area contributed by atoms with Crippen molar-refractivity contribution in [2.75, 3.05) is 6.54 Å². The van der Waals surface area contributed by atoms with E-state index in [2.05, 4.69) is 28.9 Å². The Morgan fingerprint density at radius 2 is 2.11 bits per heavy atom. The minimum atomic E-state index is -3.44. The van der Waals surface area contributed by atoms with Crippen molar-refractivity contribution in [2.24, 2.45) is 5.92 Å². The molecular weight excluding hydrogens is 262 g/mol. The van der Waals surface area contributed by atoms with Crippen LogP contribution in [0.2, 0.25) is 0 Å². The van der Waals surface area contributed by atoms with Crippen molar-refractivity contribution in [1.29, 1.82) is 0 Å². The molecule has 1 fully saturated rings. The van der Waals surface area contributed by atoms with Crippen molar-refractivity contribution >= 4 is 10.0 Å². The van der Waals surface area contributed by atoms with E-state index in [1.165, 1.54) is 0 Å². The molecular formula is C13H21N3O2S. The minimum absolute atomic E-state index is 0.0986. The predicted octanol–water partition coefficient (Wildman–Crippen LogP) is 1.27. The maximum Gasteiger partial charge on any atom is 0.258 e. The van der Waals surface area contributed by atoms with Gasteiger partial charge in [0.05, 0.1) is 0 Å². The normalized spacial score (nSPS) is 15.9. The Morgan fingerprint density at radius 1 is 1.37 bits per heavy atom. The zero-order valence-corrected chi connectivity index (χ0v) is 12.2. The van der Waals surface area contributed by atoms with E-state index in [1.807, 2.05) is 0 Å². The van der Waals surface area contributed by atoms with Gasteiger partial charge in [0.1, 0.15) is 0 Å². The molecule has 19 heavy (non-hydrogen) atoms. The van der Waals surface area contributed by atoms with Crippen LogP contribution < -0.4 is 10.0 Å². The standard InChI is InChI=1S/C13H21N3O2S/c1-10(2)14-7-12-5-6-13(15-8-12)19(17,18)16-9-11-3-4-11/h5-6,8,10-11,14,16H,3-4,7,9H2,1-2H3. The highest BCUT2D eigenvalue weighted by atomic mass is 32.2. The monoisotopic (exact) mass is 283 g/mol. The predicted molar refractivity (Wildman–Crippen MR) is 74.1 cm³/mol. The summed E-state index contributed by atoms with van der Waals surface area (Å²) in [5, 5.41) is 3.36. The molecule has 6 heteroatoms. The first kappa shape index (κ1) is 14.4. The largest absolute Gasteiger partial charge is 0.310 e. The lowest BCUT2D eigenvalue weighted by Gasteiger charge is -2.09. The van der Waals surface area contributed by atoms with E-state index in [1.54, 1.807) is 18.3 Å². The summed E-state index contributed by atoms with van der Waals surface area (Å²) in [5.74, 6) is 0.518. The quantitative estimate of drug-likeness (QED) is 0.790. The van der Waals surface area contributed by atoms with Gasteiger partial charge in [-0.15, -0.1) is 0 Å². The molecule has 1 heterocycles. The smallest absolute Gasteiger partial charge is 0.258 e. The SMILES string of the molecule is CC(C)NCc1ccc(S(=O)(=O)NCC2CC2)nc1. The third-order valence-corrected chi connectivity index (χ3v) is 4.39. The third kappa shape index (κ3) is 4.56. The van der Waals surface area contributed by atoms with Crippen molar-refractivity contribution in [2.45, 2.75) is 44.3 Å². The second-order valence-corrected chi connectivity index (χ2v) is 7.05. The van der Waals surface area contributed by atoms with E-state index in [0.29, 0.717) is 25.0 Å². The molecule has 0 radical (unpaired) electrons. The van der Waals surface area contributed by atoms with Crippen LogP contribution in [-0.4, -0.2) is 26.0 Å². The molecule has 1 aromatic rings. The molecule has 2 N–H and O–H groups in total. The maximum atomic E-state index is 12.0. The van der Waals surface area contributed by atoms with Gasteiger partial charge in [-0.2, -0.15) is 0 Å². The Morgan fingerprint density at radius 3 is 2.63 bits per heavy atom. The Bertz CT molecular complexity index is 507. The number of hydrogen-bond acceptors (Lipinski definition) is 4. The fraction of sp³-hybridized carbons (Fsp3) is 0.615. The highest BCUT2D eigenvalue weighted by molar-refractivity contribution is 7.89. The Kier molecular flexibility index (Phi) is 4.54. The Labute approximate surface area is 114 Å². The van der Waals surface area contributed by atoms with Crippen LogP contribution >= 0.6 is 0 Å². The molecule has 0 spiro atoms. The van der Waals surface area contributed by atoms with Crippen molar-refractivity contribution in [3.63, 3.8) is 0 Å². The molecule has 2 rings (SSSR count). The molecule has 0 bridgehead atoms. The van der Waals surface area contributed by atoms with E-state index in [0.717, 1.165) is 18.4 Å². The van der Waals surface area contributed by atoms with Crippen LogP contribution in [0.15, 0.2) is 23.4 Å². The van der Waals surface area contributed by atoms with Gasteiger partial charge >= 0.3 is 0 Å². The van der Waals surface area contributed by atoms with Gasteiger partial charge in [-0.25, -0.2) is 18.1 Å². The highest BCUT2D eigenvalue weighted by Crippen LogP contribution is 2.28. The number of rotatable bonds is 7. The van der Waals surface area contributed by atoms with Gasteiger partial charge in [-0.3, -0.25) is 0 Å². The minimum Gasteiger partial charge on any atom is -0.310 e. The van der Waals surface area contributed by atoms with E-state index < -0.39 is 10.0 Å². The number of aromatic nitrogens is 1. The third-order valence-electron chi connectivity index (χ3n) is 3.05. The fourth-order valence-electron chi connectivity index (χ4n) is 1.62. The molecule has 1 aliphatic carbocycles. The Hall–Kier alpha value is -0.980. The lowest BCUT2D eigenvalue weighted by atomic mass is 10.2. The molecule has 1 aromatic heterocycles. The summed E-state index contributed by atoms with van der Waals surface area (Å²) in [4.78, 5) is 4.04. The average Bonchev–Trinajstić information content (AvgIpc) is 3.18. The van der Waals surface area contributed by atoms with Gasteiger partial charge in [-0.05, 0) is 30.4 Å². The number of pyridine rings is 1. The van der Waals surface area contributed by atoms with Gasteiger partial charge in [0, 0.05) is 25.3 Å². The number of nitrogens with one attached hydrogen (secondary N) is 2. The first-order chi connectivity index (χ1) is 8.97. The first-order valence-corrected chi connectivity index (χ1v) is 8.13. The number of sulfonamides is 1. The molecule has 5 nitrogen and oxygen atoms in total. The number of hydrogen-bond donors (Lipinski definition) is 2. The number of nitrogens with zero attached hydrogens (tertiary/aromatic N) is 1. The van der Waals surface area contributed by atoms with Crippen LogP contribution in [0, 0.1) is 5.92 Å². The van der Waals surface area contributed by atoms with Crippen LogP contribution in [0.25, 0.3) is 0 Å². The molecule has 0 amide bonds. The molecule has 106 valence electrons. The molecule has 0 saturated heterocycles. The molecule has 0 unspecified atom stereocenters. The van der Waals surface area contributed by atoms with Gasteiger partial charge in [0.15, 0.2) is 5.03 Å². The molecule has 1 saturated carbocycles. The van der Waals surface area contributed by atoms with Crippen molar-refractivity contribution in [3.8, 4) is 0 Å². The topological polar surface area (TPSA) is 71.1 Å². The van der Waals surface area contributed by atoms with Crippen molar-refractivity contribution in [3.05, 3.63) is 23.9 Å². The van der Waals surface area contributed by atoms with Crippen LogP contribution in [0.3, 0.4) is 0 Å². The summed E-state index contributed by atoms with van der Waals surface area (Å²) >= 11 is 0. The second-order valence-electron chi connectivity index (χ2n) is 5.34. The lowest BCUT2D eigenvalue weighted by Crippen LogP contribution is -2.27. The lowest BCUT2D eigenvalue weighted by molar-refractivity contribution is 0.571. The van der Waals surface area contributed by atoms with Crippen LogP contribution in [0.4, 0.5) is 0 Å². The fourth-order valence-corrected chi connectivity index (χ4v) is 2.66. The molecule has 0 aromatic carbocycles. The van der Waals surface area contributed by atoms with E-state index in [-0.39, 0.29) is 5.03 Å². The van der Waals surface area contributed by atoms with E-state index in [4.69, 9.17) is 0 Å². The molecule has 1 aliphatic rings.